The molecule has 2 aromatic rings. The molecule has 6 heteroatoms. The number of hydrogen-bond acceptors (Lipinski definition) is 6. The third-order valence-electron chi connectivity index (χ3n) is 3.45. The summed E-state index contributed by atoms with van der Waals surface area (Å²) in [5.74, 6) is 2.10. The van der Waals surface area contributed by atoms with Gasteiger partial charge in [-0.3, -0.25) is 4.90 Å². The predicted octanol–water partition coefficient (Wildman–Crippen LogP) is 2.95. The van der Waals surface area contributed by atoms with Crippen LogP contribution in [0.1, 0.15) is 20.8 Å². The van der Waals surface area contributed by atoms with Crippen molar-refractivity contribution < 1.29 is 4.74 Å². The van der Waals surface area contributed by atoms with E-state index in [1.54, 1.807) is 6.20 Å². The lowest BCUT2D eigenvalue weighted by molar-refractivity contribution is 0.252. The van der Waals surface area contributed by atoms with Crippen LogP contribution in [0.2, 0.25) is 0 Å². The fraction of sp³-hybridized carbons (Fsp3) is 0.375. The Bertz CT molecular complexity index is 586. The van der Waals surface area contributed by atoms with Crippen molar-refractivity contribution in [3.8, 4) is 11.5 Å². The lowest BCUT2D eigenvalue weighted by Gasteiger charge is -2.28. The summed E-state index contributed by atoms with van der Waals surface area (Å²) in [4.78, 5) is 10.5. The van der Waals surface area contributed by atoms with E-state index in [1.165, 1.54) is 0 Å². The molecule has 1 heterocycles. The fourth-order valence-corrected chi connectivity index (χ4v) is 2.24. The highest BCUT2D eigenvalue weighted by Gasteiger charge is 2.15. The summed E-state index contributed by atoms with van der Waals surface area (Å²) in [5, 5.41) is 3.34. The van der Waals surface area contributed by atoms with Crippen molar-refractivity contribution >= 4 is 11.8 Å². The van der Waals surface area contributed by atoms with Gasteiger partial charge in [-0.25, -0.2) is 4.98 Å². The van der Waals surface area contributed by atoms with Crippen molar-refractivity contribution in [3.05, 3.63) is 36.5 Å². The molecule has 6 nitrogen and oxygen atoms in total. The molecule has 3 N–H and O–H groups in total. The highest BCUT2D eigenvalue weighted by Crippen LogP contribution is 2.28. The van der Waals surface area contributed by atoms with Crippen LogP contribution in [0.15, 0.2) is 36.5 Å². The average molecular weight is 301 g/mol. The molecular weight excluding hydrogens is 278 g/mol. The Hall–Kier alpha value is -2.34. The zero-order valence-corrected chi connectivity index (χ0v) is 13.3. The summed E-state index contributed by atoms with van der Waals surface area (Å²) in [6.45, 7) is 8.21. The molecule has 0 amide bonds. The molecule has 22 heavy (non-hydrogen) atoms. The van der Waals surface area contributed by atoms with Crippen molar-refractivity contribution in [2.24, 2.45) is 0 Å². The minimum atomic E-state index is 0.113. The van der Waals surface area contributed by atoms with Gasteiger partial charge in [-0.2, -0.15) is 4.98 Å². The second-order valence-corrected chi connectivity index (χ2v) is 4.90. The molecular formula is C16H23N5O. The summed E-state index contributed by atoms with van der Waals surface area (Å²) in [6, 6.07) is 9.54. The lowest BCUT2D eigenvalue weighted by Crippen LogP contribution is -2.38. The van der Waals surface area contributed by atoms with E-state index in [9.17, 15) is 0 Å². The molecule has 0 spiro atoms. The van der Waals surface area contributed by atoms with E-state index in [1.807, 2.05) is 30.3 Å². The van der Waals surface area contributed by atoms with E-state index in [-0.39, 0.29) is 12.1 Å². The number of nitrogens with one attached hydrogen (secondary N) is 1. The molecule has 0 fully saturated rings. The van der Waals surface area contributed by atoms with Gasteiger partial charge in [0.25, 0.3) is 0 Å². The second kappa shape index (κ2) is 7.61. The Kier molecular flexibility index (Phi) is 5.55. The molecule has 0 radical (unpaired) electrons. The number of nitrogen functional groups attached to an aromatic ring is 1. The van der Waals surface area contributed by atoms with Crippen molar-refractivity contribution in [3.63, 3.8) is 0 Å². The molecule has 0 saturated carbocycles. The molecule has 1 aromatic carbocycles. The SMILES string of the molecule is CCN(CC)C(C)Nc1nc(N)ncc1Oc1ccccc1. The fourth-order valence-electron chi connectivity index (χ4n) is 2.24. The van der Waals surface area contributed by atoms with Crippen LogP contribution in [0.4, 0.5) is 11.8 Å². The largest absolute Gasteiger partial charge is 0.452 e. The van der Waals surface area contributed by atoms with Crippen LogP contribution in [-0.2, 0) is 0 Å². The molecule has 118 valence electrons. The quantitative estimate of drug-likeness (QED) is 0.766. The summed E-state index contributed by atoms with van der Waals surface area (Å²) < 4.78 is 5.85. The van der Waals surface area contributed by atoms with Crippen LogP contribution < -0.4 is 15.8 Å². The molecule has 1 aromatic heterocycles. The Morgan fingerprint density at radius 1 is 1.23 bits per heavy atom. The number of rotatable bonds is 7. The maximum absolute atomic E-state index is 5.85. The van der Waals surface area contributed by atoms with E-state index >= 15 is 0 Å². The Morgan fingerprint density at radius 3 is 2.55 bits per heavy atom. The topological polar surface area (TPSA) is 76.3 Å². The minimum absolute atomic E-state index is 0.113. The lowest BCUT2D eigenvalue weighted by atomic mass is 10.3. The molecule has 0 aliphatic carbocycles. The number of anilines is 2. The maximum atomic E-state index is 5.85. The first kappa shape index (κ1) is 16.0. The van der Waals surface area contributed by atoms with E-state index in [0.717, 1.165) is 18.8 Å². The van der Waals surface area contributed by atoms with Crippen LogP contribution in [0.3, 0.4) is 0 Å². The minimum Gasteiger partial charge on any atom is -0.452 e. The Labute approximate surface area is 131 Å². The van der Waals surface area contributed by atoms with Gasteiger partial charge in [0.05, 0.1) is 12.4 Å². The molecule has 1 atom stereocenters. The zero-order valence-electron chi connectivity index (χ0n) is 13.3. The van der Waals surface area contributed by atoms with E-state index in [0.29, 0.717) is 11.6 Å². The number of para-hydroxylation sites is 1. The van der Waals surface area contributed by atoms with Crippen molar-refractivity contribution in [2.75, 3.05) is 24.1 Å². The third kappa shape index (κ3) is 4.08. The summed E-state index contributed by atoms with van der Waals surface area (Å²) >= 11 is 0. The van der Waals surface area contributed by atoms with Gasteiger partial charge < -0.3 is 15.8 Å². The first-order chi connectivity index (χ1) is 10.6. The van der Waals surface area contributed by atoms with Crippen molar-refractivity contribution in [2.45, 2.75) is 26.9 Å². The van der Waals surface area contributed by atoms with Gasteiger partial charge in [0.2, 0.25) is 5.95 Å². The smallest absolute Gasteiger partial charge is 0.222 e. The first-order valence-corrected chi connectivity index (χ1v) is 7.50. The van der Waals surface area contributed by atoms with Crippen LogP contribution in [0, 0.1) is 0 Å². The van der Waals surface area contributed by atoms with E-state index in [2.05, 4.69) is 41.0 Å². The summed E-state index contributed by atoms with van der Waals surface area (Å²) in [7, 11) is 0. The Morgan fingerprint density at radius 2 is 1.91 bits per heavy atom. The van der Waals surface area contributed by atoms with Gasteiger partial charge in [0.15, 0.2) is 11.6 Å². The predicted molar refractivity (Wildman–Crippen MR) is 89.0 cm³/mol. The Balaban J connectivity index is 2.20. The number of nitrogens with two attached hydrogens (primary N) is 1. The molecule has 0 bridgehead atoms. The number of ether oxygens (including phenoxy) is 1. The van der Waals surface area contributed by atoms with Crippen LogP contribution in [0.5, 0.6) is 11.5 Å². The average Bonchev–Trinajstić information content (AvgIpc) is 2.52. The number of nitrogens with zero attached hydrogens (tertiary/aromatic N) is 3. The normalized spacial score (nSPS) is 12.2. The van der Waals surface area contributed by atoms with Gasteiger partial charge in [-0.1, -0.05) is 32.0 Å². The van der Waals surface area contributed by atoms with Gasteiger partial charge in [-0.15, -0.1) is 0 Å². The molecule has 0 aliphatic rings. The standard InChI is InChI=1S/C16H23N5O/c1-4-21(5-2)12(3)19-15-14(11-18-16(17)20-15)22-13-9-7-6-8-10-13/h6-12H,4-5H2,1-3H3,(H3,17,18,19,20). The van der Waals surface area contributed by atoms with Crippen molar-refractivity contribution in [1.82, 2.24) is 14.9 Å². The van der Waals surface area contributed by atoms with Crippen molar-refractivity contribution in [1.29, 1.82) is 0 Å². The highest BCUT2D eigenvalue weighted by atomic mass is 16.5. The van der Waals surface area contributed by atoms with Crippen LogP contribution in [-0.4, -0.2) is 34.1 Å². The highest BCUT2D eigenvalue weighted by molar-refractivity contribution is 5.53. The summed E-state index contributed by atoms with van der Waals surface area (Å²) in [5.41, 5.74) is 5.71. The zero-order chi connectivity index (χ0) is 15.9. The number of benzene rings is 1. The molecule has 1 unspecified atom stereocenters. The van der Waals surface area contributed by atoms with Gasteiger partial charge >= 0.3 is 0 Å². The van der Waals surface area contributed by atoms with Crippen LogP contribution >= 0.6 is 0 Å². The molecule has 2 rings (SSSR count). The van der Waals surface area contributed by atoms with Gasteiger partial charge in [0, 0.05) is 0 Å². The third-order valence-corrected chi connectivity index (χ3v) is 3.45. The molecule has 0 saturated heterocycles. The number of aromatic nitrogens is 2. The van der Waals surface area contributed by atoms with Gasteiger partial charge in [0.1, 0.15) is 5.75 Å². The van der Waals surface area contributed by atoms with Gasteiger partial charge in [-0.05, 0) is 32.1 Å². The number of hydrogen-bond donors (Lipinski definition) is 2. The van der Waals surface area contributed by atoms with E-state index in [4.69, 9.17) is 10.5 Å². The summed E-state index contributed by atoms with van der Waals surface area (Å²) in [6.07, 6.45) is 1.70. The second-order valence-electron chi connectivity index (χ2n) is 4.90. The first-order valence-electron chi connectivity index (χ1n) is 7.50. The maximum Gasteiger partial charge on any atom is 0.222 e. The monoisotopic (exact) mass is 301 g/mol. The van der Waals surface area contributed by atoms with Crippen LogP contribution in [0.25, 0.3) is 0 Å². The van der Waals surface area contributed by atoms with E-state index < -0.39 is 0 Å². The molecule has 0 aliphatic heterocycles.